The molecule has 0 amide bonds. The van der Waals surface area contributed by atoms with Crippen LogP contribution in [0.1, 0.15) is 18.2 Å². The van der Waals surface area contributed by atoms with Crippen molar-refractivity contribution >= 4 is 17.0 Å². The van der Waals surface area contributed by atoms with E-state index in [1.807, 2.05) is 54.8 Å². The van der Waals surface area contributed by atoms with Crippen LogP contribution >= 0.6 is 0 Å². The number of aromatic amines is 2. The number of carboxylic acid groups (broad SMARTS) is 1. The summed E-state index contributed by atoms with van der Waals surface area (Å²) in [5, 5.41) is 7.92. The third-order valence-electron chi connectivity index (χ3n) is 3.33. The number of aromatic nitrogens is 3. The van der Waals surface area contributed by atoms with E-state index >= 15 is 0 Å². The molecule has 0 atom stereocenters. The summed E-state index contributed by atoms with van der Waals surface area (Å²) < 4.78 is 35.8. The Morgan fingerprint density at radius 2 is 1.52 bits per heavy atom. The third-order valence-corrected chi connectivity index (χ3v) is 3.33. The molecule has 0 saturated heterocycles. The average molecular weight is 428 g/mol. The minimum absolute atomic E-state index is 0.370. The lowest BCUT2D eigenvalue weighted by molar-refractivity contribution is -2.00. The third kappa shape index (κ3) is 7.81. The summed E-state index contributed by atoms with van der Waals surface area (Å²) in [5.74, 6) is -0.833. The summed E-state index contributed by atoms with van der Waals surface area (Å²) in [6.45, 7) is 4.89. The Morgan fingerprint density at radius 3 is 2.00 bits per heavy atom. The van der Waals surface area contributed by atoms with Gasteiger partial charge in [-0.2, -0.15) is 9.55 Å². The molecule has 2 aromatic heterocycles. The highest BCUT2D eigenvalue weighted by atomic mass is 35.7. The Bertz CT molecular complexity index is 1090. The first-order valence-electron chi connectivity index (χ1n) is 7.86. The van der Waals surface area contributed by atoms with Crippen LogP contribution in [0.25, 0.3) is 16.7 Å². The number of H-pyrrole nitrogens is 2. The first-order valence-corrected chi connectivity index (χ1v) is 9.10. The number of hydrogen-bond donors (Lipinski definition) is 3. The van der Waals surface area contributed by atoms with Crippen LogP contribution in [-0.4, -0.2) is 21.0 Å². The van der Waals surface area contributed by atoms with Crippen LogP contribution in [0, 0.1) is 24.1 Å². The van der Waals surface area contributed by atoms with E-state index < -0.39 is 21.9 Å². The molecular formula is C17H18ClN3O8. The molecule has 0 aliphatic rings. The first kappa shape index (κ1) is 23.9. The number of fused-ring (bicyclic) bond motifs is 1. The predicted octanol–water partition coefficient (Wildman–Crippen LogP) is -3.56. The lowest BCUT2D eigenvalue weighted by Crippen LogP contribution is -2.68. The molecule has 3 aromatic rings. The van der Waals surface area contributed by atoms with Crippen LogP contribution in [0.5, 0.6) is 0 Å². The molecule has 11 nitrogen and oxygen atoms in total. The molecule has 0 aliphatic carbocycles. The summed E-state index contributed by atoms with van der Waals surface area (Å²) in [6, 6.07) is 11.5. The molecule has 0 radical (unpaired) electrons. The predicted molar refractivity (Wildman–Crippen MR) is 89.5 cm³/mol. The van der Waals surface area contributed by atoms with Crippen LogP contribution < -0.4 is 34.5 Å². The Hall–Kier alpha value is -3.09. The molecule has 156 valence electrons. The highest BCUT2D eigenvalue weighted by Crippen LogP contribution is 2.12. The van der Waals surface area contributed by atoms with Crippen LogP contribution in [0.2, 0.25) is 0 Å². The average Bonchev–Trinajstić information content (AvgIpc) is 2.52. The van der Waals surface area contributed by atoms with Gasteiger partial charge in [-0.25, -0.2) is 23.4 Å². The Balaban J connectivity index is 0.000000396. The van der Waals surface area contributed by atoms with Crippen molar-refractivity contribution in [2.45, 2.75) is 20.8 Å². The van der Waals surface area contributed by atoms with E-state index in [1.54, 1.807) is 0 Å². The number of nitrogens with one attached hydrogen (secondary N) is 2. The highest BCUT2D eigenvalue weighted by molar-refractivity contribution is 5.74. The van der Waals surface area contributed by atoms with E-state index in [1.165, 1.54) is 0 Å². The molecular weight excluding hydrogens is 410 g/mol. The highest BCUT2D eigenvalue weighted by Gasteiger charge is 2.18. The SMILES string of the molecule is CC(=O)O.Cc1cc(C)[n+](-c2ccccc2)c2[nH]c(=O)[nH]c(=O)c12.[O-][Cl+3]([O-])([O-])[O-]. The molecule has 0 aliphatic heterocycles. The first-order chi connectivity index (χ1) is 13.3. The number of nitrogens with zero attached hydrogens (tertiary/aromatic N) is 1. The molecule has 1 aromatic carbocycles. The van der Waals surface area contributed by atoms with Crippen molar-refractivity contribution in [3.8, 4) is 5.69 Å². The molecule has 12 heteroatoms. The number of carboxylic acids is 1. The van der Waals surface area contributed by atoms with Crippen molar-refractivity contribution in [3.05, 3.63) is 68.5 Å². The van der Waals surface area contributed by atoms with E-state index in [0.717, 1.165) is 23.9 Å². The number of pyridine rings is 1. The topological polar surface area (TPSA) is 199 Å². The van der Waals surface area contributed by atoms with E-state index in [2.05, 4.69) is 9.97 Å². The molecule has 0 fully saturated rings. The second kappa shape index (κ2) is 9.91. The maximum atomic E-state index is 12.0. The molecule has 2 heterocycles. The number of rotatable bonds is 1. The smallest absolute Gasteiger partial charge is 0.413 e. The van der Waals surface area contributed by atoms with Gasteiger partial charge in [0, 0.05) is 6.92 Å². The molecule has 29 heavy (non-hydrogen) atoms. The minimum Gasteiger partial charge on any atom is -0.481 e. The van der Waals surface area contributed by atoms with Gasteiger partial charge in [-0.15, -0.1) is 10.2 Å². The fourth-order valence-corrected chi connectivity index (χ4v) is 2.54. The number of aliphatic carboxylic acids is 1. The summed E-state index contributed by atoms with van der Waals surface area (Å²) in [5.41, 5.74) is 2.33. The van der Waals surface area contributed by atoms with Crippen LogP contribution in [0.4, 0.5) is 0 Å². The number of hydrogen-bond acceptors (Lipinski definition) is 7. The Morgan fingerprint density at radius 1 is 1.03 bits per heavy atom. The van der Waals surface area contributed by atoms with Crippen molar-refractivity contribution in [2.24, 2.45) is 0 Å². The Labute approximate surface area is 165 Å². The summed E-state index contributed by atoms with van der Waals surface area (Å²) in [6.07, 6.45) is 0. The van der Waals surface area contributed by atoms with Crippen molar-refractivity contribution in [3.63, 3.8) is 0 Å². The van der Waals surface area contributed by atoms with Crippen molar-refractivity contribution in [1.29, 1.82) is 0 Å². The monoisotopic (exact) mass is 427 g/mol. The molecule has 0 unspecified atom stereocenters. The van der Waals surface area contributed by atoms with Crippen molar-refractivity contribution in [1.82, 2.24) is 9.97 Å². The Kier molecular flexibility index (Phi) is 8.18. The van der Waals surface area contributed by atoms with Crippen LogP contribution in [0.15, 0.2) is 46.0 Å². The van der Waals surface area contributed by atoms with Gasteiger partial charge in [0.2, 0.25) is 0 Å². The standard InChI is InChI=1S/C15H13N3O2.C2H4O2.ClHO4/c1-9-8-10(2)18(11-6-4-3-5-7-11)13-12(9)14(19)17-15(20)16-13;1-2(3)4;2-1(3,4)5/h3-8H,1-2H3,(H,17,19,20);1H3,(H,3,4);(H,2,3,4,5). The molecule has 0 spiro atoms. The number of aryl methyl sites for hydroxylation is 2. The van der Waals surface area contributed by atoms with E-state index in [9.17, 15) is 9.59 Å². The summed E-state index contributed by atoms with van der Waals surface area (Å²) >= 11 is 0. The van der Waals surface area contributed by atoms with Gasteiger partial charge in [-0.3, -0.25) is 14.6 Å². The second-order valence-electron chi connectivity index (χ2n) is 5.67. The number of benzene rings is 1. The van der Waals surface area contributed by atoms with Gasteiger partial charge in [0.1, 0.15) is 16.8 Å². The van der Waals surface area contributed by atoms with Gasteiger partial charge in [0.15, 0.2) is 0 Å². The quantitative estimate of drug-likeness (QED) is 0.331. The lowest BCUT2D eigenvalue weighted by Gasteiger charge is -2.17. The van der Waals surface area contributed by atoms with Gasteiger partial charge < -0.3 is 5.11 Å². The van der Waals surface area contributed by atoms with Gasteiger partial charge >= 0.3 is 11.3 Å². The van der Waals surface area contributed by atoms with E-state index in [0.29, 0.717) is 11.0 Å². The lowest BCUT2D eigenvalue weighted by atomic mass is 10.1. The molecule has 3 N–H and O–H groups in total. The zero-order valence-electron chi connectivity index (χ0n) is 15.6. The molecule has 3 rings (SSSR count). The number of carbonyl (C=O) groups is 1. The largest absolute Gasteiger partial charge is 0.481 e. The zero-order chi connectivity index (χ0) is 22.4. The summed E-state index contributed by atoms with van der Waals surface area (Å²) in [7, 11) is -4.94. The van der Waals surface area contributed by atoms with Crippen molar-refractivity contribution in [2.75, 3.05) is 0 Å². The maximum Gasteiger partial charge on any atom is 0.413 e. The summed E-state index contributed by atoms with van der Waals surface area (Å²) in [4.78, 5) is 37.6. The van der Waals surface area contributed by atoms with Crippen molar-refractivity contribution < 1.29 is 43.3 Å². The van der Waals surface area contributed by atoms with Gasteiger partial charge in [-0.05, 0) is 37.6 Å². The molecule has 0 saturated carbocycles. The molecule has 0 bridgehead atoms. The fourth-order valence-electron chi connectivity index (χ4n) is 2.54. The number of para-hydroxylation sites is 1. The van der Waals surface area contributed by atoms with Gasteiger partial charge in [-0.1, -0.05) is 18.2 Å². The van der Waals surface area contributed by atoms with Gasteiger partial charge in [0.05, 0.1) is 0 Å². The normalized spacial score (nSPS) is 10.4. The van der Waals surface area contributed by atoms with E-state index in [-0.39, 0.29) is 5.56 Å². The van der Waals surface area contributed by atoms with E-state index in [4.69, 9.17) is 28.5 Å². The second-order valence-corrected chi connectivity index (χ2v) is 6.42. The van der Waals surface area contributed by atoms with Crippen LogP contribution in [-0.2, 0) is 4.79 Å². The minimum atomic E-state index is -4.94. The van der Waals surface area contributed by atoms with Crippen LogP contribution in [0.3, 0.4) is 0 Å². The number of halogens is 1. The maximum absolute atomic E-state index is 12.0. The zero-order valence-corrected chi connectivity index (χ0v) is 16.4. The fraction of sp³-hybridized carbons (Fsp3) is 0.176. The van der Waals surface area contributed by atoms with Gasteiger partial charge in [0.25, 0.3) is 11.5 Å².